The second-order valence-corrected chi connectivity index (χ2v) is 3.75. The van der Waals surface area contributed by atoms with Gasteiger partial charge in [-0.3, -0.25) is 0 Å². The van der Waals surface area contributed by atoms with Crippen molar-refractivity contribution in [3.63, 3.8) is 0 Å². The summed E-state index contributed by atoms with van der Waals surface area (Å²) in [5.41, 5.74) is 5.49. The van der Waals surface area contributed by atoms with Gasteiger partial charge in [0.25, 0.3) is 0 Å². The zero-order valence-electron chi connectivity index (χ0n) is 8.89. The molecule has 2 heterocycles. The molecule has 0 bridgehead atoms. The lowest BCUT2D eigenvalue weighted by molar-refractivity contribution is 0.0853. The second-order valence-electron chi connectivity index (χ2n) is 3.75. The highest BCUT2D eigenvalue weighted by atomic mass is 16.5. The Morgan fingerprint density at radius 1 is 1.33 bits per heavy atom. The highest BCUT2D eigenvalue weighted by Gasteiger charge is 2.19. The Bertz CT molecular complexity index is 308. The number of hydrogen-bond acceptors (Lipinski definition) is 5. The summed E-state index contributed by atoms with van der Waals surface area (Å²) in [5.74, 6) is 1.33. The molecule has 15 heavy (non-hydrogen) atoms. The Balaban J connectivity index is 2.05. The number of nitrogens with two attached hydrogens (primary N) is 1. The van der Waals surface area contributed by atoms with Crippen molar-refractivity contribution in [2.24, 2.45) is 0 Å². The van der Waals surface area contributed by atoms with Crippen LogP contribution in [0.5, 0.6) is 0 Å². The van der Waals surface area contributed by atoms with Crippen molar-refractivity contribution >= 4 is 11.6 Å². The number of rotatable bonds is 2. The molecule has 5 nitrogen and oxygen atoms in total. The first-order valence-corrected chi connectivity index (χ1v) is 5.15. The van der Waals surface area contributed by atoms with E-state index in [4.69, 9.17) is 10.5 Å². The molecule has 0 aliphatic carbocycles. The number of aromatic nitrogens is 2. The number of anilines is 2. The lowest BCUT2D eigenvalue weighted by Crippen LogP contribution is -2.37. The van der Waals surface area contributed by atoms with E-state index in [9.17, 15) is 0 Å². The van der Waals surface area contributed by atoms with E-state index in [0.717, 1.165) is 31.9 Å². The molecule has 0 saturated carbocycles. The van der Waals surface area contributed by atoms with Gasteiger partial charge in [0.05, 0.1) is 12.4 Å². The van der Waals surface area contributed by atoms with Crippen molar-refractivity contribution in [1.82, 2.24) is 9.97 Å². The molecule has 0 spiro atoms. The number of ether oxygens (including phenoxy) is 1. The standard InChI is InChI=1S/C10H16N4O/c1-14(8-2-4-15-5-3-8)10-7-12-9(11)6-13-10/h6-8H,2-5H2,1H3,(H2,11,12). The van der Waals surface area contributed by atoms with Gasteiger partial charge in [0.1, 0.15) is 11.6 Å². The Kier molecular flexibility index (Phi) is 3.01. The second kappa shape index (κ2) is 4.44. The molecule has 1 aromatic heterocycles. The van der Waals surface area contributed by atoms with Gasteiger partial charge in [0.15, 0.2) is 0 Å². The molecule has 2 N–H and O–H groups in total. The highest BCUT2D eigenvalue weighted by Crippen LogP contribution is 2.18. The zero-order chi connectivity index (χ0) is 10.7. The Morgan fingerprint density at radius 3 is 2.67 bits per heavy atom. The van der Waals surface area contributed by atoms with Crippen LogP contribution < -0.4 is 10.6 Å². The third-order valence-corrected chi connectivity index (χ3v) is 2.76. The summed E-state index contributed by atoms with van der Waals surface area (Å²) < 4.78 is 5.32. The Labute approximate surface area is 89.3 Å². The van der Waals surface area contributed by atoms with Gasteiger partial charge in [-0.15, -0.1) is 0 Å². The van der Waals surface area contributed by atoms with Crippen molar-refractivity contribution in [2.45, 2.75) is 18.9 Å². The monoisotopic (exact) mass is 208 g/mol. The summed E-state index contributed by atoms with van der Waals surface area (Å²) >= 11 is 0. The molecule has 1 aliphatic rings. The quantitative estimate of drug-likeness (QED) is 0.774. The average molecular weight is 208 g/mol. The van der Waals surface area contributed by atoms with Gasteiger partial charge in [0, 0.05) is 26.3 Å². The van der Waals surface area contributed by atoms with Crippen LogP contribution in [0.4, 0.5) is 11.6 Å². The molecular formula is C10H16N4O. The van der Waals surface area contributed by atoms with E-state index in [1.54, 1.807) is 12.4 Å². The maximum atomic E-state index is 5.49. The average Bonchev–Trinajstić information content (AvgIpc) is 2.30. The number of nitrogens with zero attached hydrogens (tertiary/aromatic N) is 3. The van der Waals surface area contributed by atoms with Crippen molar-refractivity contribution < 1.29 is 4.74 Å². The normalized spacial score (nSPS) is 17.7. The van der Waals surface area contributed by atoms with Gasteiger partial charge >= 0.3 is 0 Å². The fourth-order valence-electron chi connectivity index (χ4n) is 1.77. The third kappa shape index (κ3) is 2.36. The van der Waals surface area contributed by atoms with Crippen LogP contribution in [-0.4, -0.2) is 36.3 Å². The van der Waals surface area contributed by atoms with Gasteiger partial charge in [-0.1, -0.05) is 0 Å². The van der Waals surface area contributed by atoms with Crippen LogP contribution in [0.25, 0.3) is 0 Å². The molecule has 0 amide bonds. The lowest BCUT2D eigenvalue weighted by atomic mass is 10.1. The molecule has 0 unspecified atom stereocenters. The predicted octanol–water partition coefficient (Wildman–Crippen LogP) is 0.674. The minimum Gasteiger partial charge on any atom is -0.382 e. The van der Waals surface area contributed by atoms with E-state index in [1.807, 2.05) is 7.05 Å². The summed E-state index contributed by atoms with van der Waals surface area (Å²) in [5, 5.41) is 0. The first kappa shape index (κ1) is 10.2. The maximum Gasteiger partial charge on any atom is 0.147 e. The molecule has 1 fully saturated rings. The molecule has 82 valence electrons. The zero-order valence-corrected chi connectivity index (χ0v) is 8.89. The molecule has 0 atom stereocenters. The maximum absolute atomic E-state index is 5.49. The molecule has 0 radical (unpaired) electrons. The van der Waals surface area contributed by atoms with Crippen LogP contribution in [0, 0.1) is 0 Å². The summed E-state index contributed by atoms with van der Waals surface area (Å²) in [6, 6.07) is 0.497. The molecule has 1 aromatic rings. The van der Waals surface area contributed by atoms with E-state index in [-0.39, 0.29) is 0 Å². The smallest absolute Gasteiger partial charge is 0.147 e. The first-order chi connectivity index (χ1) is 7.27. The molecule has 2 rings (SSSR count). The van der Waals surface area contributed by atoms with E-state index < -0.39 is 0 Å². The predicted molar refractivity (Wildman–Crippen MR) is 58.7 cm³/mol. The SMILES string of the molecule is CN(c1cnc(N)cn1)C1CCOCC1. The van der Waals surface area contributed by atoms with Crippen LogP contribution in [0.15, 0.2) is 12.4 Å². The summed E-state index contributed by atoms with van der Waals surface area (Å²) in [7, 11) is 2.04. The Morgan fingerprint density at radius 2 is 2.07 bits per heavy atom. The summed E-state index contributed by atoms with van der Waals surface area (Å²) in [6.45, 7) is 1.66. The first-order valence-electron chi connectivity index (χ1n) is 5.15. The molecule has 1 aliphatic heterocycles. The van der Waals surface area contributed by atoms with Gasteiger partial charge in [-0.25, -0.2) is 9.97 Å². The van der Waals surface area contributed by atoms with E-state index in [1.165, 1.54) is 0 Å². The fourth-order valence-corrected chi connectivity index (χ4v) is 1.77. The minimum absolute atomic E-state index is 0.458. The van der Waals surface area contributed by atoms with Crippen LogP contribution in [0.3, 0.4) is 0 Å². The largest absolute Gasteiger partial charge is 0.382 e. The van der Waals surface area contributed by atoms with Gasteiger partial charge < -0.3 is 15.4 Å². The van der Waals surface area contributed by atoms with E-state index in [2.05, 4.69) is 14.9 Å². The van der Waals surface area contributed by atoms with Crippen LogP contribution in [-0.2, 0) is 4.74 Å². The fraction of sp³-hybridized carbons (Fsp3) is 0.600. The highest BCUT2D eigenvalue weighted by molar-refractivity contribution is 5.39. The van der Waals surface area contributed by atoms with Crippen molar-refractivity contribution in [3.05, 3.63) is 12.4 Å². The number of nitrogen functional groups attached to an aromatic ring is 1. The molecule has 0 aromatic carbocycles. The summed E-state index contributed by atoms with van der Waals surface area (Å²) in [4.78, 5) is 10.4. The van der Waals surface area contributed by atoms with Crippen LogP contribution in [0.1, 0.15) is 12.8 Å². The van der Waals surface area contributed by atoms with Gasteiger partial charge in [-0.2, -0.15) is 0 Å². The summed E-state index contributed by atoms with van der Waals surface area (Å²) in [6.07, 6.45) is 5.39. The van der Waals surface area contributed by atoms with Gasteiger partial charge in [0.2, 0.25) is 0 Å². The van der Waals surface area contributed by atoms with Crippen molar-refractivity contribution in [3.8, 4) is 0 Å². The topological polar surface area (TPSA) is 64.3 Å². The van der Waals surface area contributed by atoms with Gasteiger partial charge in [-0.05, 0) is 12.8 Å². The molecule has 1 saturated heterocycles. The minimum atomic E-state index is 0.458. The van der Waals surface area contributed by atoms with Crippen molar-refractivity contribution in [1.29, 1.82) is 0 Å². The lowest BCUT2D eigenvalue weighted by Gasteiger charge is -2.31. The number of hydrogen-bond donors (Lipinski definition) is 1. The third-order valence-electron chi connectivity index (χ3n) is 2.76. The molecule has 5 heteroatoms. The van der Waals surface area contributed by atoms with Crippen LogP contribution in [0.2, 0.25) is 0 Å². The van der Waals surface area contributed by atoms with E-state index >= 15 is 0 Å². The van der Waals surface area contributed by atoms with E-state index in [0.29, 0.717) is 11.9 Å². The Hall–Kier alpha value is -1.36. The van der Waals surface area contributed by atoms with Crippen molar-refractivity contribution in [2.75, 3.05) is 30.9 Å². The molecular weight excluding hydrogens is 192 g/mol. The van der Waals surface area contributed by atoms with Crippen LogP contribution >= 0.6 is 0 Å².